The van der Waals surface area contributed by atoms with Gasteiger partial charge in [-0.3, -0.25) is 4.79 Å². The topological polar surface area (TPSA) is 270 Å². The molecule has 20 atom stereocenters. The Morgan fingerprint density at radius 1 is 0.793 bits per heavy atom. The number of carboxylic acid groups (broad SMARTS) is 2. The summed E-state index contributed by atoms with van der Waals surface area (Å²) in [7, 11) is 0. The van der Waals surface area contributed by atoms with Crippen LogP contribution < -0.4 is 0 Å². The predicted octanol–water partition coefficient (Wildman–Crippen LogP) is 1.12. The van der Waals surface area contributed by atoms with Gasteiger partial charge >= 0.3 is 11.9 Å². The van der Waals surface area contributed by atoms with E-state index in [1.54, 1.807) is 6.92 Å². The molecule has 4 saturated carbocycles. The average Bonchev–Trinajstić information content (AvgIpc) is 3.15. The number of rotatable bonds is 8. The SMILES string of the molecule is CC1(C)CCC2(C(=O)O)C(O)CC3(C)C(=CCC4C5(C)CCC(OC6OC(C(=O)O)C(O)C(O)C6OC6OC(CO)C(O)C(O)C6O)C(C)(C=O)C5CCC43C)C2C1. The van der Waals surface area contributed by atoms with Gasteiger partial charge in [0.05, 0.1) is 24.2 Å². The Balaban J connectivity index is 1.19. The van der Waals surface area contributed by atoms with Crippen LogP contribution in [-0.4, -0.2) is 144 Å². The minimum absolute atomic E-state index is 0.0374. The molecule has 2 heterocycles. The number of aldehydes is 1. The maximum absolute atomic E-state index is 13.5. The van der Waals surface area contributed by atoms with Gasteiger partial charge in [0.2, 0.25) is 0 Å². The van der Waals surface area contributed by atoms with Gasteiger partial charge in [0, 0.05) is 0 Å². The fourth-order valence-corrected chi connectivity index (χ4v) is 13.6. The highest BCUT2D eigenvalue weighted by Gasteiger charge is 2.72. The first kappa shape index (κ1) is 44.0. The summed E-state index contributed by atoms with van der Waals surface area (Å²) in [5, 5.41) is 95.7. The van der Waals surface area contributed by atoms with Crippen LogP contribution in [0, 0.1) is 50.2 Å². The molecule has 5 aliphatic carbocycles. The van der Waals surface area contributed by atoms with Crippen LogP contribution in [0.2, 0.25) is 0 Å². The first-order valence-electron chi connectivity index (χ1n) is 20.9. The molecule has 6 fully saturated rings. The lowest BCUT2D eigenvalue weighted by Crippen LogP contribution is -2.68. The smallest absolute Gasteiger partial charge is 0.335 e. The fourth-order valence-electron chi connectivity index (χ4n) is 13.6. The molecule has 16 nitrogen and oxygen atoms in total. The van der Waals surface area contributed by atoms with Crippen LogP contribution in [0.3, 0.4) is 0 Å². The summed E-state index contributed by atoms with van der Waals surface area (Å²) in [6.45, 7) is 12.1. The van der Waals surface area contributed by atoms with E-state index in [-0.39, 0.29) is 28.6 Å². The summed E-state index contributed by atoms with van der Waals surface area (Å²) in [5.41, 5.74) is -2.70. The van der Waals surface area contributed by atoms with Gasteiger partial charge < -0.3 is 69.7 Å². The summed E-state index contributed by atoms with van der Waals surface area (Å²) in [6.07, 6.45) is -11.9. The predicted molar refractivity (Wildman–Crippen MR) is 200 cm³/mol. The van der Waals surface area contributed by atoms with Crippen LogP contribution in [0.1, 0.15) is 99.3 Å². The second kappa shape index (κ2) is 14.8. The van der Waals surface area contributed by atoms with Gasteiger partial charge in [-0.05, 0) is 97.2 Å². The van der Waals surface area contributed by atoms with Crippen molar-refractivity contribution >= 4 is 18.2 Å². The molecule has 0 spiro atoms. The van der Waals surface area contributed by atoms with E-state index in [0.29, 0.717) is 57.8 Å². The highest BCUT2D eigenvalue weighted by atomic mass is 16.8. The molecule has 328 valence electrons. The van der Waals surface area contributed by atoms with Crippen molar-refractivity contribution in [3.63, 3.8) is 0 Å². The molecule has 58 heavy (non-hydrogen) atoms. The van der Waals surface area contributed by atoms with E-state index in [9.17, 15) is 60.3 Å². The Morgan fingerprint density at radius 3 is 2.10 bits per heavy atom. The number of hydrogen-bond acceptors (Lipinski definition) is 14. The van der Waals surface area contributed by atoms with Crippen molar-refractivity contribution in [2.45, 2.75) is 173 Å². The molecule has 20 unspecified atom stereocenters. The Bertz CT molecular complexity index is 1650. The Labute approximate surface area is 338 Å². The number of aliphatic hydroxyl groups is 7. The van der Waals surface area contributed by atoms with E-state index >= 15 is 0 Å². The second-order valence-electron chi connectivity index (χ2n) is 20.5. The first-order valence-corrected chi connectivity index (χ1v) is 20.9. The largest absolute Gasteiger partial charge is 0.481 e. The zero-order valence-corrected chi connectivity index (χ0v) is 34.3. The van der Waals surface area contributed by atoms with Crippen LogP contribution in [0.25, 0.3) is 0 Å². The van der Waals surface area contributed by atoms with Crippen molar-refractivity contribution < 1.29 is 79.3 Å². The first-order chi connectivity index (χ1) is 27.0. The number of aliphatic carboxylic acids is 2. The van der Waals surface area contributed by atoms with Gasteiger partial charge in [0.1, 0.15) is 54.4 Å². The number of aliphatic hydroxyl groups excluding tert-OH is 7. The van der Waals surface area contributed by atoms with Crippen molar-refractivity contribution in [2.75, 3.05) is 6.61 Å². The number of allylic oxidation sites excluding steroid dienone is 2. The normalized spacial score (nSPS) is 53.8. The highest BCUT2D eigenvalue weighted by Crippen LogP contribution is 2.76. The standard InChI is InChI=1S/C42H64O16/c1-37(2)13-14-42(36(53)54)20(15-37)19-7-8-23-38(3)11-10-25(39(4,18-44)22(38)9-12-40(23,5)41(19,6)16-24(42)45)56-35-32(29(49)28(48)31(57-35)33(51)52)58-34-30(50)27(47)26(46)21(17-43)55-34/h7,18,20-32,34-35,43,45-50H,8-17H2,1-6H3,(H,51,52)(H,53,54). The quantitative estimate of drug-likeness (QED) is 0.0943. The fraction of sp³-hybridized carbons (Fsp3) is 0.881. The summed E-state index contributed by atoms with van der Waals surface area (Å²) in [5.74, 6) is -3.07. The van der Waals surface area contributed by atoms with Crippen LogP contribution in [-0.2, 0) is 33.3 Å². The van der Waals surface area contributed by atoms with Gasteiger partial charge in [-0.1, -0.05) is 53.2 Å². The number of carbonyl (C=O) groups is 3. The lowest BCUT2D eigenvalue weighted by atomic mass is 9.33. The molecule has 7 rings (SSSR count). The number of carboxylic acids is 2. The third-order valence-electron chi connectivity index (χ3n) is 17.2. The molecule has 0 amide bonds. The van der Waals surface area contributed by atoms with Crippen LogP contribution >= 0.6 is 0 Å². The molecule has 0 bridgehead atoms. The van der Waals surface area contributed by atoms with E-state index in [2.05, 4.69) is 40.7 Å². The van der Waals surface area contributed by atoms with Gasteiger partial charge in [-0.25, -0.2) is 4.79 Å². The van der Waals surface area contributed by atoms with Gasteiger partial charge in [0.15, 0.2) is 18.7 Å². The molecule has 16 heteroatoms. The second-order valence-corrected chi connectivity index (χ2v) is 20.5. The lowest BCUT2D eigenvalue weighted by Gasteiger charge is -2.71. The van der Waals surface area contributed by atoms with E-state index in [1.807, 2.05) is 0 Å². The average molecular weight is 825 g/mol. The number of hydrogen-bond donors (Lipinski definition) is 9. The molecule has 0 aromatic heterocycles. The Kier molecular flexibility index (Phi) is 11.2. The molecular weight excluding hydrogens is 760 g/mol. The zero-order valence-electron chi connectivity index (χ0n) is 34.3. The van der Waals surface area contributed by atoms with Crippen molar-refractivity contribution in [2.24, 2.45) is 50.2 Å². The van der Waals surface area contributed by atoms with Crippen molar-refractivity contribution in [1.82, 2.24) is 0 Å². The van der Waals surface area contributed by atoms with Crippen molar-refractivity contribution in [3.05, 3.63) is 11.6 Å². The molecular formula is C42H64O16. The van der Waals surface area contributed by atoms with Crippen LogP contribution in [0.15, 0.2) is 11.6 Å². The Morgan fingerprint density at radius 2 is 1.48 bits per heavy atom. The van der Waals surface area contributed by atoms with Gasteiger partial charge in [-0.15, -0.1) is 0 Å². The van der Waals surface area contributed by atoms with Crippen molar-refractivity contribution in [3.8, 4) is 0 Å². The van der Waals surface area contributed by atoms with E-state index in [0.717, 1.165) is 11.9 Å². The zero-order chi connectivity index (χ0) is 42.7. The molecule has 0 radical (unpaired) electrons. The number of ether oxygens (including phenoxy) is 4. The van der Waals surface area contributed by atoms with E-state index < -0.39 is 114 Å². The van der Waals surface area contributed by atoms with Crippen LogP contribution in [0.4, 0.5) is 0 Å². The number of carbonyl (C=O) groups excluding carboxylic acids is 1. The highest BCUT2D eigenvalue weighted by molar-refractivity contribution is 5.77. The van der Waals surface area contributed by atoms with E-state index in [4.69, 9.17) is 18.9 Å². The summed E-state index contributed by atoms with van der Waals surface area (Å²) in [4.78, 5) is 38.8. The maximum Gasteiger partial charge on any atom is 0.335 e. The van der Waals surface area contributed by atoms with Gasteiger partial charge in [-0.2, -0.15) is 0 Å². The molecule has 2 aliphatic heterocycles. The molecule has 0 aromatic rings. The molecule has 0 aromatic carbocycles. The monoisotopic (exact) mass is 824 g/mol. The lowest BCUT2D eigenvalue weighted by molar-refractivity contribution is -0.373. The Hall–Kier alpha value is -2.09. The summed E-state index contributed by atoms with van der Waals surface area (Å²) in [6, 6.07) is 0. The summed E-state index contributed by atoms with van der Waals surface area (Å²) >= 11 is 0. The molecule has 9 N–H and O–H groups in total. The maximum atomic E-state index is 13.5. The minimum Gasteiger partial charge on any atom is -0.481 e. The molecule has 2 saturated heterocycles. The van der Waals surface area contributed by atoms with E-state index in [1.165, 1.54) is 0 Å². The minimum atomic E-state index is -2.03. The van der Waals surface area contributed by atoms with Crippen molar-refractivity contribution in [1.29, 1.82) is 0 Å². The third kappa shape index (κ3) is 6.21. The third-order valence-corrected chi connectivity index (χ3v) is 17.2. The van der Waals surface area contributed by atoms with Gasteiger partial charge in [0.25, 0.3) is 0 Å². The molecule has 7 aliphatic rings. The number of fused-ring (bicyclic) bond motifs is 7. The van der Waals surface area contributed by atoms with Crippen LogP contribution in [0.5, 0.6) is 0 Å². The summed E-state index contributed by atoms with van der Waals surface area (Å²) < 4.78 is 23.6.